The molecule has 7 rings (SSSR count). The van der Waals surface area contributed by atoms with Gasteiger partial charge in [-0.15, -0.1) is 0 Å². The molecule has 2 fully saturated rings. The van der Waals surface area contributed by atoms with E-state index >= 15 is 0 Å². The van der Waals surface area contributed by atoms with Crippen LogP contribution in [0.5, 0.6) is 0 Å². The summed E-state index contributed by atoms with van der Waals surface area (Å²) in [6.07, 6.45) is 9.34. The number of carbonyl (C=O) groups excluding carboxylic acids is 4. The number of hydrogen-bond acceptors (Lipinski definition) is 8. The van der Waals surface area contributed by atoms with E-state index in [2.05, 4.69) is 81.5 Å². The highest BCUT2D eigenvalue weighted by molar-refractivity contribution is 5.91. The van der Waals surface area contributed by atoms with Crippen LogP contribution in [0, 0.1) is 11.8 Å². The van der Waals surface area contributed by atoms with Crippen LogP contribution in [0.1, 0.15) is 103 Å². The molecule has 14 heteroatoms. The van der Waals surface area contributed by atoms with Crippen LogP contribution in [-0.4, -0.2) is 80.3 Å². The summed E-state index contributed by atoms with van der Waals surface area (Å²) < 4.78 is 9.54. The molecule has 5 aromatic rings. The molecule has 2 saturated carbocycles. The second-order valence-electron chi connectivity index (χ2n) is 16.5. The summed E-state index contributed by atoms with van der Waals surface area (Å²) in [4.78, 5) is 68.1. The Bertz CT molecular complexity index is 2320. The number of amides is 4. The fourth-order valence-corrected chi connectivity index (χ4v) is 8.81. The number of methoxy groups -OCH3 is 2. The zero-order valence-corrected chi connectivity index (χ0v) is 35.3. The predicted octanol–water partition coefficient (Wildman–Crippen LogP) is 8.85. The normalized spacial score (nSPS) is 19.2. The average Bonchev–Trinajstić information content (AvgIpc) is 3.98. The highest BCUT2D eigenvalue weighted by atomic mass is 16.5. The molecule has 2 aliphatic rings. The number of nitrogens with one attached hydrogen (secondary N) is 4. The van der Waals surface area contributed by atoms with Gasteiger partial charge in [-0.3, -0.25) is 9.59 Å². The minimum atomic E-state index is -0.667. The number of nitrogens with zero attached hydrogens (tertiary/aromatic N) is 4. The maximum absolute atomic E-state index is 13.7. The molecule has 2 aromatic heterocycles. The Hall–Kier alpha value is -6.18. The second-order valence-corrected chi connectivity index (χ2v) is 16.5. The molecule has 4 N–H and O–H groups in total. The number of hydrazine groups is 2. The zero-order valence-electron chi connectivity index (χ0n) is 35.3. The Labute approximate surface area is 350 Å². The van der Waals surface area contributed by atoms with E-state index in [9.17, 15) is 19.2 Å². The Morgan fingerprint density at radius 3 is 1.45 bits per heavy atom. The average molecular weight is 817 g/mol. The van der Waals surface area contributed by atoms with Gasteiger partial charge in [0.2, 0.25) is 11.8 Å². The van der Waals surface area contributed by atoms with Crippen molar-refractivity contribution in [3.05, 3.63) is 84.7 Å². The van der Waals surface area contributed by atoms with Crippen molar-refractivity contribution in [2.75, 3.05) is 14.2 Å². The van der Waals surface area contributed by atoms with E-state index in [-0.39, 0.29) is 47.6 Å². The van der Waals surface area contributed by atoms with E-state index < -0.39 is 12.2 Å². The Morgan fingerprint density at radius 1 is 0.583 bits per heavy atom. The molecule has 0 saturated heterocycles. The summed E-state index contributed by atoms with van der Waals surface area (Å²) in [5.41, 5.74) is 11.1. The number of fused-ring (bicyclic) bond motifs is 1. The summed E-state index contributed by atoms with van der Waals surface area (Å²) in [6, 6.07) is 20.7. The topological polar surface area (TPSA) is 175 Å². The van der Waals surface area contributed by atoms with Crippen molar-refractivity contribution in [3.63, 3.8) is 0 Å². The van der Waals surface area contributed by atoms with Crippen molar-refractivity contribution in [1.82, 2.24) is 40.8 Å². The van der Waals surface area contributed by atoms with Crippen LogP contribution >= 0.6 is 0 Å². The van der Waals surface area contributed by atoms with Gasteiger partial charge in [-0.1, -0.05) is 74.2 Å². The Balaban J connectivity index is 1.04. The summed E-state index contributed by atoms with van der Waals surface area (Å²) in [5.74, 6) is 0.495. The van der Waals surface area contributed by atoms with Crippen molar-refractivity contribution in [3.8, 4) is 33.6 Å². The first-order valence-electron chi connectivity index (χ1n) is 21.1. The minimum Gasteiger partial charge on any atom is -0.452 e. The van der Waals surface area contributed by atoms with Crippen LogP contribution in [-0.2, 0) is 19.1 Å². The number of rotatable bonds is 9. The fourth-order valence-electron chi connectivity index (χ4n) is 8.81. The number of ether oxygens (including phenoxy) is 2. The maximum Gasteiger partial charge on any atom is 0.425 e. The highest BCUT2D eigenvalue weighted by Crippen LogP contribution is 2.40. The number of aromatic nitrogens is 4. The Kier molecular flexibility index (Phi) is 12.9. The largest absolute Gasteiger partial charge is 0.452 e. The number of hydrogen-bond donors (Lipinski definition) is 4. The summed E-state index contributed by atoms with van der Waals surface area (Å²) in [6.45, 7) is 7.46. The fraction of sp³-hybridized carbons (Fsp3) is 0.435. The molecule has 3 aromatic carbocycles. The van der Waals surface area contributed by atoms with Gasteiger partial charge in [-0.25, -0.2) is 40.4 Å². The van der Waals surface area contributed by atoms with Crippen LogP contribution < -0.4 is 10.9 Å². The smallest absolute Gasteiger partial charge is 0.425 e. The highest BCUT2D eigenvalue weighted by Gasteiger charge is 2.39. The standard InChI is InChI=1S/C46H56N8O6/c1-27(2)53(51-45(57)59-5)43(55)37-13-9-7-11-35(37)41-47-25-39(49-41)30-17-15-29(16-18-30)31-19-20-33-24-34(22-21-32(33)23-31)40-26-48-42(50-40)36-12-8-10-14-38(36)44(56)54(28(3)4)52-46(58)60-6/h15-28,35-38H,7-14H2,1-6H3,(H,47,49)(H,48,50)(H,51,57)(H,52,58)/t35?,36?,37?,38-/m1/s1. The molecule has 0 bridgehead atoms. The van der Waals surface area contributed by atoms with E-state index in [0.29, 0.717) is 0 Å². The molecule has 2 aliphatic carbocycles. The van der Waals surface area contributed by atoms with Gasteiger partial charge in [0, 0.05) is 41.3 Å². The predicted molar refractivity (Wildman–Crippen MR) is 229 cm³/mol. The van der Waals surface area contributed by atoms with Gasteiger partial charge >= 0.3 is 12.2 Å². The molecule has 0 aliphatic heterocycles. The number of benzene rings is 3. The molecule has 0 radical (unpaired) electrons. The van der Waals surface area contributed by atoms with Crippen LogP contribution in [0.15, 0.2) is 73.1 Å². The number of carbonyl (C=O) groups is 4. The van der Waals surface area contributed by atoms with Crippen molar-refractivity contribution >= 4 is 34.8 Å². The van der Waals surface area contributed by atoms with E-state index in [4.69, 9.17) is 19.4 Å². The molecule has 4 atom stereocenters. The van der Waals surface area contributed by atoms with E-state index in [1.54, 1.807) is 0 Å². The van der Waals surface area contributed by atoms with Crippen molar-refractivity contribution in [2.45, 2.75) is 103 Å². The first-order chi connectivity index (χ1) is 28.9. The molecule has 14 nitrogen and oxygen atoms in total. The summed E-state index contributed by atoms with van der Waals surface area (Å²) in [7, 11) is 2.57. The van der Waals surface area contributed by atoms with Gasteiger partial charge in [-0.05, 0) is 93.0 Å². The van der Waals surface area contributed by atoms with Crippen LogP contribution in [0.2, 0.25) is 0 Å². The van der Waals surface area contributed by atoms with Gasteiger partial charge in [0.05, 0.1) is 38.0 Å². The van der Waals surface area contributed by atoms with Crippen molar-refractivity contribution < 1.29 is 28.7 Å². The van der Waals surface area contributed by atoms with E-state index in [0.717, 1.165) is 107 Å². The first kappa shape index (κ1) is 42.0. The molecule has 3 unspecified atom stereocenters. The molecule has 2 heterocycles. The number of H-pyrrole nitrogens is 2. The lowest BCUT2D eigenvalue weighted by Crippen LogP contribution is -2.53. The molecule has 60 heavy (non-hydrogen) atoms. The van der Waals surface area contributed by atoms with E-state index in [1.165, 1.54) is 24.2 Å². The van der Waals surface area contributed by atoms with Gasteiger partial charge in [0.1, 0.15) is 11.6 Å². The maximum atomic E-state index is 13.7. The van der Waals surface area contributed by atoms with Crippen molar-refractivity contribution in [1.29, 1.82) is 0 Å². The molecular formula is C46H56N8O6. The summed E-state index contributed by atoms with van der Waals surface area (Å²) in [5, 5.41) is 4.97. The SMILES string of the molecule is COC(=O)NN(C(=O)C1CCCCC1c1ncc(-c2ccc(-c3ccc4cc(-c5cnc(C6CCCC[C@H]6C(=O)N(NC(=O)OC)C(C)C)[nH]5)ccc4c3)cc2)[nH]1)C(C)C. The third-order valence-electron chi connectivity index (χ3n) is 12.0. The summed E-state index contributed by atoms with van der Waals surface area (Å²) >= 11 is 0. The molecule has 316 valence electrons. The minimum absolute atomic E-state index is 0.0902. The lowest BCUT2D eigenvalue weighted by Gasteiger charge is -2.35. The third kappa shape index (κ3) is 9.02. The zero-order chi connectivity index (χ0) is 42.5. The van der Waals surface area contributed by atoms with Gasteiger partial charge < -0.3 is 19.4 Å². The number of aromatic amines is 2. The third-order valence-corrected chi connectivity index (χ3v) is 12.0. The lowest BCUT2D eigenvalue weighted by atomic mass is 9.78. The van der Waals surface area contributed by atoms with Gasteiger partial charge in [0.25, 0.3) is 0 Å². The quantitative estimate of drug-likeness (QED) is 0.107. The van der Waals surface area contributed by atoms with Crippen LogP contribution in [0.4, 0.5) is 9.59 Å². The van der Waals surface area contributed by atoms with Crippen molar-refractivity contribution in [2.24, 2.45) is 11.8 Å². The molecule has 4 amide bonds. The lowest BCUT2D eigenvalue weighted by molar-refractivity contribution is -0.143. The second kappa shape index (κ2) is 18.4. The van der Waals surface area contributed by atoms with Crippen LogP contribution in [0.3, 0.4) is 0 Å². The molecular weight excluding hydrogens is 761 g/mol. The van der Waals surface area contributed by atoms with Gasteiger partial charge in [-0.2, -0.15) is 0 Å². The van der Waals surface area contributed by atoms with Gasteiger partial charge in [0.15, 0.2) is 0 Å². The molecule has 0 spiro atoms. The monoisotopic (exact) mass is 816 g/mol. The first-order valence-corrected chi connectivity index (χ1v) is 21.1. The number of imidazole rings is 2. The van der Waals surface area contributed by atoms with E-state index in [1.807, 2.05) is 40.1 Å². The Morgan fingerprint density at radius 2 is 0.983 bits per heavy atom. The van der Waals surface area contributed by atoms with Crippen LogP contribution in [0.25, 0.3) is 44.4 Å².